The zero-order valence-electron chi connectivity index (χ0n) is 6.75. The van der Waals surface area contributed by atoms with Gasteiger partial charge in [-0.2, -0.15) is 0 Å². The summed E-state index contributed by atoms with van der Waals surface area (Å²) in [5, 5.41) is 8.44. The van der Waals surface area contributed by atoms with E-state index >= 15 is 0 Å². The van der Waals surface area contributed by atoms with Gasteiger partial charge in [-0.1, -0.05) is 13.3 Å². The number of carbonyl (C=O) groups excluding carboxylic acids is 1. The summed E-state index contributed by atoms with van der Waals surface area (Å²) in [6, 6.07) is -0.883. The van der Waals surface area contributed by atoms with Crippen LogP contribution < -0.4 is 5.73 Å². The van der Waals surface area contributed by atoms with Crippen LogP contribution >= 0.6 is 0 Å². The standard InChI is InChI=1S/C7H15NO3/c1-2-3-4-11-7(10)6(8)5-9/h6,9H,2-5,8H2,1H3/t6-/m0/s1. The summed E-state index contributed by atoms with van der Waals surface area (Å²) in [6.45, 7) is 2.04. The predicted molar refractivity (Wildman–Crippen MR) is 40.9 cm³/mol. The van der Waals surface area contributed by atoms with E-state index in [0.29, 0.717) is 6.61 Å². The van der Waals surface area contributed by atoms with Crippen molar-refractivity contribution in [3.05, 3.63) is 0 Å². The number of hydrogen-bond acceptors (Lipinski definition) is 4. The van der Waals surface area contributed by atoms with E-state index in [9.17, 15) is 4.79 Å². The highest BCUT2D eigenvalue weighted by Crippen LogP contribution is 1.90. The van der Waals surface area contributed by atoms with Gasteiger partial charge in [-0.25, -0.2) is 0 Å². The fourth-order valence-electron chi connectivity index (χ4n) is 0.499. The molecule has 4 nitrogen and oxygen atoms in total. The zero-order chi connectivity index (χ0) is 8.69. The smallest absolute Gasteiger partial charge is 0.325 e. The second-order valence-electron chi connectivity index (χ2n) is 2.31. The molecule has 0 aliphatic carbocycles. The summed E-state index contributed by atoms with van der Waals surface area (Å²) < 4.78 is 4.71. The van der Waals surface area contributed by atoms with Gasteiger partial charge < -0.3 is 15.6 Å². The SMILES string of the molecule is CCCCOC(=O)[C@@H](N)CO. The first-order chi connectivity index (χ1) is 5.22. The molecule has 0 aliphatic heterocycles. The number of ether oxygens (including phenoxy) is 1. The first kappa shape index (κ1) is 10.4. The molecule has 0 bridgehead atoms. The summed E-state index contributed by atoms with van der Waals surface area (Å²) in [7, 11) is 0. The quantitative estimate of drug-likeness (QED) is 0.427. The average molecular weight is 161 g/mol. The second-order valence-corrected chi connectivity index (χ2v) is 2.31. The third-order valence-electron chi connectivity index (χ3n) is 1.24. The molecule has 0 aromatic rings. The van der Waals surface area contributed by atoms with Crippen molar-refractivity contribution in [3.8, 4) is 0 Å². The van der Waals surface area contributed by atoms with Crippen molar-refractivity contribution in [2.45, 2.75) is 25.8 Å². The van der Waals surface area contributed by atoms with Crippen LogP contribution in [0.15, 0.2) is 0 Å². The molecule has 3 N–H and O–H groups in total. The lowest BCUT2D eigenvalue weighted by molar-refractivity contribution is -0.146. The molecule has 0 unspecified atom stereocenters. The molecule has 0 radical (unpaired) electrons. The van der Waals surface area contributed by atoms with E-state index in [4.69, 9.17) is 15.6 Å². The summed E-state index contributed by atoms with van der Waals surface area (Å²) in [4.78, 5) is 10.7. The van der Waals surface area contributed by atoms with Crippen LogP contribution in [0.25, 0.3) is 0 Å². The largest absolute Gasteiger partial charge is 0.464 e. The number of aliphatic hydroxyl groups is 1. The maximum Gasteiger partial charge on any atom is 0.325 e. The Bertz CT molecular complexity index is 116. The Morgan fingerprint density at radius 3 is 2.82 bits per heavy atom. The Kier molecular flexibility index (Phi) is 5.78. The predicted octanol–water partition coefficient (Wildman–Crippen LogP) is -0.351. The third kappa shape index (κ3) is 4.75. The molecule has 0 saturated heterocycles. The monoisotopic (exact) mass is 161 g/mol. The summed E-state index contributed by atoms with van der Waals surface area (Å²) >= 11 is 0. The van der Waals surface area contributed by atoms with Crippen LogP contribution in [0.3, 0.4) is 0 Å². The fourth-order valence-corrected chi connectivity index (χ4v) is 0.499. The van der Waals surface area contributed by atoms with Gasteiger partial charge in [-0.05, 0) is 6.42 Å². The van der Waals surface area contributed by atoms with Gasteiger partial charge in [0.25, 0.3) is 0 Å². The van der Waals surface area contributed by atoms with Crippen LogP contribution in [-0.4, -0.2) is 30.3 Å². The molecule has 0 heterocycles. The van der Waals surface area contributed by atoms with Gasteiger partial charge in [0.2, 0.25) is 0 Å². The summed E-state index contributed by atoms with van der Waals surface area (Å²) in [5.41, 5.74) is 5.17. The molecule has 0 aromatic carbocycles. The second kappa shape index (κ2) is 6.12. The Balaban J connectivity index is 3.36. The molecule has 0 aliphatic rings. The zero-order valence-corrected chi connectivity index (χ0v) is 6.75. The number of aliphatic hydroxyl groups excluding tert-OH is 1. The molecule has 11 heavy (non-hydrogen) atoms. The number of carbonyl (C=O) groups is 1. The lowest BCUT2D eigenvalue weighted by atomic mass is 10.3. The highest BCUT2D eigenvalue weighted by molar-refractivity contribution is 5.75. The molecule has 0 aromatic heterocycles. The summed E-state index contributed by atoms with van der Waals surface area (Å²) in [6.07, 6.45) is 1.81. The molecular weight excluding hydrogens is 146 g/mol. The minimum absolute atomic E-state index is 0.356. The van der Waals surface area contributed by atoms with Crippen LogP contribution in [0, 0.1) is 0 Å². The normalized spacial score (nSPS) is 12.6. The molecule has 1 atom stereocenters. The number of unbranched alkanes of at least 4 members (excludes halogenated alkanes) is 1. The highest BCUT2D eigenvalue weighted by Gasteiger charge is 2.12. The van der Waals surface area contributed by atoms with Crippen LogP contribution in [0.5, 0.6) is 0 Å². The van der Waals surface area contributed by atoms with Gasteiger partial charge >= 0.3 is 5.97 Å². The molecule has 66 valence electrons. The van der Waals surface area contributed by atoms with E-state index in [2.05, 4.69) is 0 Å². The van der Waals surface area contributed by atoms with Crippen LogP contribution in [0.2, 0.25) is 0 Å². The van der Waals surface area contributed by atoms with Crippen molar-refractivity contribution < 1.29 is 14.6 Å². The van der Waals surface area contributed by atoms with E-state index < -0.39 is 12.0 Å². The van der Waals surface area contributed by atoms with Crippen molar-refractivity contribution in [3.63, 3.8) is 0 Å². The molecule has 0 amide bonds. The van der Waals surface area contributed by atoms with Crippen LogP contribution in [-0.2, 0) is 9.53 Å². The van der Waals surface area contributed by atoms with Crippen molar-refractivity contribution >= 4 is 5.97 Å². The van der Waals surface area contributed by atoms with Crippen LogP contribution in [0.4, 0.5) is 0 Å². The third-order valence-corrected chi connectivity index (χ3v) is 1.24. The van der Waals surface area contributed by atoms with Gasteiger partial charge in [0.15, 0.2) is 0 Å². The summed E-state index contributed by atoms with van der Waals surface area (Å²) in [5.74, 6) is -0.527. The first-order valence-corrected chi connectivity index (χ1v) is 3.75. The van der Waals surface area contributed by atoms with Crippen molar-refractivity contribution in [1.29, 1.82) is 0 Å². The molecule has 0 rings (SSSR count). The van der Waals surface area contributed by atoms with Gasteiger partial charge in [0, 0.05) is 0 Å². The maximum absolute atomic E-state index is 10.7. The molecular formula is C7H15NO3. The Morgan fingerprint density at radius 1 is 1.73 bits per heavy atom. The van der Waals surface area contributed by atoms with Gasteiger partial charge in [-0.3, -0.25) is 4.79 Å². The fraction of sp³-hybridized carbons (Fsp3) is 0.857. The van der Waals surface area contributed by atoms with Gasteiger partial charge in [0.1, 0.15) is 6.04 Å². The van der Waals surface area contributed by atoms with Crippen LogP contribution in [0.1, 0.15) is 19.8 Å². The topological polar surface area (TPSA) is 72.5 Å². The lowest BCUT2D eigenvalue weighted by Gasteiger charge is -2.07. The molecule has 0 fully saturated rings. The first-order valence-electron chi connectivity index (χ1n) is 3.75. The number of nitrogens with two attached hydrogens (primary N) is 1. The van der Waals surface area contributed by atoms with Crippen molar-refractivity contribution in [2.24, 2.45) is 5.73 Å². The Labute approximate surface area is 66.3 Å². The Morgan fingerprint density at radius 2 is 2.36 bits per heavy atom. The van der Waals surface area contributed by atoms with E-state index in [-0.39, 0.29) is 6.61 Å². The van der Waals surface area contributed by atoms with E-state index in [1.54, 1.807) is 0 Å². The number of rotatable bonds is 5. The van der Waals surface area contributed by atoms with Gasteiger partial charge in [-0.15, -0.1) is 0 Å². The van der Waals surface area contributed by atoms with E-state index in [1.807, 2.05) is 6.92 Å². The minimum atomic E-state index is -0.883. The molecule has 0 saturated carbocycles. The molecule has 0 spiro atoms. The van der Waals surface area contributed by atoms with Gasteiger partial charge in [0.05, 0.1) is 13.2 Å². The minimum Gasteiger partial charge on any atom is -0.464 e. The molecule has 4 heteroatoms. The lowest BCUT2D eigenvalue weighted by Crippen LogP contribution is -2.35. The maximum atomic E-state index is 10.7. The Hall–Kier alpha value is -0.610. The van der Waals surface area contributed by atoms with E-state index in [1.165, 1.54) is 0 Å². The van der Waals surface area contributed by atoms with Crippen molar-refractivity contribution in [2.75, 3.05) is 13.2 Å². The number of hydrogen-bond donors (Lipinski definition) is 2. The number of esters is 1. The highest BCUT2D eigenvalue weighted by atomic mass is 16.5. The van der Waals surface area contributed by atoms with Crippen molar-refractivity contribution in [1.82, 2.24) is 0 Å². The average Bonchev–Trinajstić information content (AvgIpc) is 2.03. The van der Waals surface area contributed by atoms with E-state index in [0.717, 1.165) is 12.8 Å².